The minimum absolute atomic E-state index is 0.150. The van der Waals surface area contributed by atoms with Crippen molar-refractivity contribution < 1.29 is 4.79 Å². The van der Waals surface area contributed by atoms with Crippen LogP contribution in [-0.4, -0.2) is 20.8 Å². The standard InChI is InChI=1S/C13H14ClN5OS/c1-2-19-7-10(11(18-19)12(15)20)17-13(21)16-9-5-3-8(14)4-6-9/h3-7H,2H2,1H3,(H2,15,20)(H2,16,17,21). The summed E-state index contributed by atoms with van der Waals surface area (Å²) in [6.07, 6.45) is 1.68. The van der Waals surface area contributed by atoms with Crippen molar-refractivity contribution >= 4 is 46.2 Å². The van der Waals surface area contributed by atoms with Crippen LogP contribution in [0, 0.1) is 0 Å². The van der Waals surface area contributed by atoms with Gasteiger partial charge < -0.3 is 16.4 Å². The predicted octanol–water partition coefficient (Wildman–Crippen LogP) is 2.46. The van der Waals surface area contributed by atoms with Gasteiger partial charge >= 0.3 is 0 Å². The summed E-state index contributed by atoms with van der Waals surface area (Å²) in [7, 11) is 0. The van der Waals surface area contributed by atoms with Gasteiger partial charge in [0.1, 0.15) is 0 Å². The highest BCUT2D eigenvalue weighted by Crippen LogP contribution is 2.16. The van der Waals surface area contributed by atoms with E-state index in [0.29, 0.717) is 22.4 Å². The zero-order valence-corrected chi connectivity index (χ0v) is 12.8. The van der Waals surface area contributed by atoms with Gasteiger partial charge in [-0.2, -0.15) is 5.10 Å². The highest BCUT2D eigenvalue weighted by Gasteiger charge is 2.14. The lowest BCUT2D eigenvalue weighted by atomic mass is 10.3. The van der Waals surface area contributed by atoms with Gasteiger partial charge in [-0.05, 0) is 43.4 Å². The lowest BCUT2D eigenvalue weighted by Crippen LogP contribution is -2.21. The second-order valence-electron chi connectivity index (χ2n) is 4.20. The van der Waals surface area contributed by atoms with E-state index in [0.717, 1.165) is 5.69 Å². The van der Waals surface area contributed by atoms with Crippen molar-refractivity contribution in [3.8, 4) is 0 Å². The van der Waals surface area contributed by atoms with Crippen LogP contribution in [0.5, 0.6) is 0 Å². The SMILES string of the molecule is CCn1cc(NC(=S)Nc2ccc(Cl)cc2)c(C(N)=O)n1. The summed E-state index contributed by atoms with van der Waals surface area (Å²) in [5, 5.41) is 10.9. The molecule has 1 aromatic heterocycles. The van der Waals surface area contributed by atoms with Gasteiger partial charge in [-0.3, -0.25) is 9.48 Å². The van der Waals surface area contributed by atoms with Crippen molar-refractivity contribution in [2.45, 2.75) is 13.5 Å². The van der Waals surface area contributed by atoms with Crippen LogP contribution in [0.25, 0.3) is 0 Å². The number of benzene rings is 1. The third-order valence-electron chi connectivity index (χ3n) is 2.67. The van der Waals surface area contributed by atoms with Crippen LogP contribution in [0.2, 0.25) is 5.02 Å². The van der Waals surface area contributed by atoms with Crippen molar-refractivity contribution in [3.05, 3.63) is 41.2 Å². The van der Waals surface area contributed by atoms with Crippen LogP contribution in [0.15, 0.2) is 30.5 Å². The molecule has 1 heterocycles. The van der Waals surface area contributed by atoms with E-state index in [1.54, 1.807) is 35.1 Å². The first-order valence-corrected chi connectivity index (χ1v) is 6.99. The Hall–Kier alpha value is -2.12. The Kier molecular flexibility index (Phi) is 4.77. The molecule has 0 radical (unpaired) electrons. The molecule has 1 amide bonds. The summed E-state index contributed by atoms with van der Waals surface area (Å²) < 4.78 is 1.60. The number of hydrogen-bond acceptors (Lipinski definition) is 3. The minimum atomic E-state index is -0.612. The average Bonchev–Trinajstić information content (AvgIpc) is 2.84. The van der Waals surface area contributed by atoms with Gasteiger partial charge in [-0.25, -0.2) is 0 Å². The van der Waals surface area contributed by atoms with Gasteiger partial charge in [0.25, 0.3) is 5.91 Å². The number of aromatic nitrogens is 2. The summed E-state index contributed by atoms with van der Waals surface area (Å²) in [6, 6.07) is 7.08. The van der Waals surface area contributed by atoms with Crippen molar-refractivity contribution in [3.63, 3.8) is 0 Å². The number of carbonyl (C=O) groups excluding carboxylic acids is 1. The molecule has 0 spiro atoms. The molecule has 0 saturated heterocycles. The van der Waals surface area contributed by atoms with Crippen molar-refractivity contribution in [1.82, 2.24) is 9.78 Å². The molecule has 2 aromatic rings. The van der Waals surface area contributed by atoms with Crippen molar-refractivity contribution in [1.29, 1.82) is 0 Å². The highest BCUT2D eigenvalue weighted by atomic mass is 35.5. The number of amides is 1. The Morgan fingerprint density at radius 2 is 2.05 bits per heavy atom. The fourth-order valence-corrected chi connectivity index (χ4v) is 2.03. The van der Waals surface area contributed by atoms with Gasteiger partial charge in [0.2, 0.25) is 0 Å². The topological polar surface area (TPSA) is 85.0 Å². The maximum Gasteiger partial charge on any atom is 0.271 e. The van der Waals surface area contributed by atoms with Crippen LogP contribution < -0.4 is 16.4 Å². The van der Waals surface area contributed by atoms with Gasteiger partial charge in [0.05, 0.1) is 5.69 Å². The van der Waals surface area contributed by atoms with Crippen LogP contribution in [0.4, 0.5) is 11.4 Å². The second-order valence-corrected chi connectivity index (χ2v) is 5.04. The first-order chi connectivity index (χ1) is 9.99. The van der Waals surface area contributed by atoms with Gasteiger partial charge in [-0.15, -0.1) is 0 Å². The van der Waals surface area contributed by atoms with E-state index in [4.69, 9.17) is 29.6 Å². The number of anilines is 2. The number of primary amides is 1. The molecule has 1 aromatic carbocycles. The summed E-state index contributed by atoms with van der Waals surface area (Å²) in [4.78, 5) is 11.4. The quantitative estimate of drug-likeness (QED) is 0.753. The lowest BCUT2D eigenvalue weighted by Gasteiger charge is -2.09. The Balaban J connectivity index is 2.10. The molecule has 21 heavy (non-hydrogen) atoms. The number of carbonyl (C=O) groups is 1. The maximum absolute atomic E-state index is 11.4. The zero-order valence-electron chi connectivity index (χ0n) is 11.3. The molecule has 6 nitrogen and oxygen atoms in total. The molecule has 110 valence electrons. The van der Waals surface area contributed by atoms with E-state index < -0.39 is 5.91 Å². The highest BCUT2D eigenvalue weighted by molar-refractivity contribution is 7.80. The Labute approximate surface area is 132 Å². The molecule has 0 unspecified atom stereocenters. The molecule has 0 fully saturated rings. The third-order valence-corrected chi connectivity index (χ3v) is 3.13. The number of nitrogens with one attached hydrogen (secondary N) is 2. The van der Waals surface area contributed by atoms with Gasteiger partial charge in [-0.1, -0.05) is 11.6 Å². The average molecular weight is 324 g/mol. The largest absolute Gasteiger partial charge is 0.364 e. The molecule has 0 aliphatic rings. The van der Waals surface area contributed by atoms with E-state index in [2.05, 4.69) is 15.7 Å². The molecule has 0 aliphatic carbocycles. The summed E-state index contributed by atoms with van der Waals surface area (Å²) in [5.41, 5.74) is 6.69. The van der Waals surface area contributed by atoms with Gasteiger partial charge in [0, 0.05) is 23.5 Å². The van der Waals surface area contributed by atoms with Crippen molar-refractivity contribution in [2.24, 2.45) is 5.73 Å². The fraction of sp³-hybridized carbons (Fsp3) is 0.154. The summed E-state index contributed by atoms with van der Waals surface area (Å²) in [5.74, 6) is -0.612. The molecule has 8 heteroatoms. The monoisotopic (exact) mass is 323 g/mol. The van der Waals surface area contributed by atoms with Gasteiger partial charge in [0.15, 0.2) is 10.8 Å². The molecule has 0 atom stereocenters. The molecule has 0 bridgehead atoms. The number of thiocarbonyl (C=S) groups is 1. The number of halogens is 1. The van der Waals surface area contributed by atoms with E-state index in [1.807, 2.05) is 6.92 Å². The van der Waals surface area contributed by atoms with E-state index >= 15 is 0 Å². The number of hydrogen-bond donors (Lipinski definition) is 3. The van der Waals surface area contributed by atoms with Crippen LogP contribution in [0.1, 0.15) is 17.4 Å². The van der Waals surface area contributed by atoms with Crippen LogP contribution in [-0.2, 0) is 6.54 Å². The maximum atomic E-state index is 11.4. The Morgan fingerprint density at radius 1 is 1.38 bits per heavy atom. The van der Waals surface area contributed by atoms with E-state index in [1.165, 1.54) is 0 Å². The first kappa shape index (κ1) is 15.3. The first-order valence-electron chi connectivity index (χ1n) is 6.20. The summed E-state index contributed by atoms with van der Waals surface area (Å²) in [6.45, 7) is 2.53. The van der Waals surface area contributed by atoms with Crippen LogP contribution in [0.3, 0.4) is 0 Å². The minimum Gasteiger partial charge on any atom is -0.364 e. The number of nitrogens with two attached hydrogens (primary N) is 1. The molecule has 0 saturated carbocycles. The molecule has 0 aliphatic heterocycles. The van der Waals surface area contributed by atoms with Crippen LogP contribution >= 0.6 is 23.8 Å². The number of nitrogens with zero attached hydrogens (tertiary/aromatic N) is 2. The van der Waals surface area contributed by atoms with E-state index in [9.17, 15) is 4.79 Å². The smallest absolute Gasteiger partial charge is 0.271 e. The van der Waals surface area contributed by atoms with E-state index in [-0.39, 0.29) is 5.69 Å². The second kappa shape index (κ2) is 6.55. The molecular formula is C13H14ClN5OS. The lowest BCUT2D eigenvalue weighted by molar-refractivity contribution is 0.0995. The third kappa shape index (κ3) is 3.93. The fourth-order valence-electron chi connectivity index (χ4n) is 1.67. The zero-order chi connectivity index (χ0) is 15.4. The predicted molar refractivity (Wildman–Crippen MR) is 87.7 cm³/mol. The summed E-state index contributed by atoms with van der Waals surface area (Å²) >= 11 is 11.0. The normalized spacial score (nSPS) is 10.2. The number of aryl methyl sites for hydroxylation is 1. The Bertz CT molecular complexity index is 668. The molecule has 4 N–H and O–H groups in total. The molecule has 2 rings (SSSR count). The molecular weight excluding hydrogens is 310 g/mol. The van der Waals surface area contributed by atoms with Crippen molar-refractivity contribution in [2.75, 3.05) is 10.6 Å². The number of rotatable bonds is 4. The Morgan fingerprint density at radius 3 is 2.62 bits per heavy atom.